The molecule has 0 bridgehead atoms. The number of aliphatic hydroxyl groups excluding tert-OH is 1. The molecule has 2 aliphatic heterocycles. The number of hydroxylamine groups is 1. The predicted molar refractivity (Wildman–Crippen MR) is 117 cm³/mol. The Kier molecular flexibility index (Phi) is 6.74. The van der Waals surface area contributed by atoms with E-state index in [9.17, 15) is 14.7 Å². The van der Waals surface area contributed by atoms with Crippen LogP contribution < -0.4 is 10.2 Å². The molecule has 32 heavy (non-hydrogen) atoms. The molecule has 8 heteroatoms. The summed E-state index contributed by atoms with van der Waals surface area (Å²) in [6.45, 7) is 3.63. The van der Waals surface area contributed by atoms with Crippen molar-refractivity contribution in [2.24, 2.45) is 5.92 Å². The van der Waals surface area contributed by atoms with Gasteiger partial charge in [-0.05, 0) is 30.5 Å². The fourth-order valence-electron chi connectivity index (χ4n) is 4.62. The van der Waals surface area contributed by atoms with E-state index in [1.54, 1.807) is 30.6 Å². The Hall–Kier alpha value is -2.94. The second-order valence-electron chi connectivity index (χ2n) is 8.43. The van der Waals surface area contributed by atoms with Gasteiger partial charge in [-0.1, -0.05) is 36.4 Å². The van der Waals surface area contributed by atoms with Crippen LogP contribution in [0.3, 0.4) is 0 Å². The molecular weight excluding hydrogens is 410 g/mol. The van der Waals surface area contributed by atoms with Gasteiger partial charge in [0.15, 0.2) is 0 Å². The molecule has 0 radical (unpaired) electrons. The maximum atomic E-state index is 11.8. The highest BCUT2D eigenvalue weighted by atomic mass is 16.5. The number of piperidine rings is 1. The van der Waals surface area contributed by atoms with Crippen LogP contribution in [0.2, 0.25) is 0 Å². The minimum absolute atomic E-state index is 0.0396. The van der Waals surface area contributed by atoms with E-state index in [1.165, 1.54) is 0 Å². The number of hydrogen-bond acceptors (Lipinski definition) is 6. The largest absolute Gasteiger partial charge is 0.491 e. The summed E-state index contributed by atoms with van der Waals surface area (Å²) in [5.41, 5.74) is 3.84. The lowest BCUT2D eigenvalue weighted by Crippen LogP contribution is -2.47. The van der Waals surface area contributed by atoms with Crippen molar-refractivity contribution in [3.63, 3.8) is 0 Å². The van der Waals surface area contributed by atoms with E-state index < -0.39 is 12.1 Å². The fraction of sp³-hybridized carbons (Fsp3) is 0.417. The van der Waals surface area contributed by atoms with Crippen LogP contribution in [0.1, 0.15) is 47.3 Å². The summed E-state index contributed by atoms with van der Waals surface area (Å²) in [7, 11) is 0. The lowest BCUT2D eigenvalue weighted by molar-refractivity contribution is -0.133. The Bertz CT molecular complexity index is 959. The summed E-state index contributed by atoms with van der Waals surface area (Å²) in [6.07, 6.45) is 0.772. The Balaban J connectivity index is 1.62. The average molecular weight is 440 g/mol. The van der Waals surface area contributed by atoms with Crippen molar-refractivity contribution in [3.05, 3.63) is 65.2 Å². The van der Waals surface area contributed by atoms with Crippen molar-refractivity contribution in [3.8, 4) is 5.75 Å². The van der Waals surface area contributed by atoms with E-state index in [1.807, 2.05) is 35.2 Å². The zero-order valence-electron chi connectivity index (χ0n) is 18.1. The van der Waals surface area contributed by atoms with Gasteiger partial charge in [0.05, 0.1) is 6.04 Å². The maximum absolute atomic E-state index is 11.8. The molecule has 1 unspecified atom stereocenters. The first kappa shape index (κ1) is 22.3. The van der Waals surface area contributed by atoms with Gasteiger partial charge in [0.1, 0.15) is 18.6 Å². The van der Waals surface area contributed by atoms with Crippen LogP contribution in [0.25, 0.3) is 0 Å². The number of nitrogens with zero attached hydrogens (tertiary/aromatic N) is 2. The lowest BCUT2D eigenvalue weighted by atomic mass is 9.92. The summed E-state index contributed by atoms with van der Waals surface area (Å²) in [4.78, 5) is 27.4. The number of nitrogens with one attached hydrogen (secondary N) is 1. The molecule has 1 fully saturated rings. The summed E-state index contributed by atoms with van der Waals surface area (Å²) in [5, 5.41) is 20.4. The number of benzene rings is 2. The molecular formula is C24H29N3O5. The molecule has 0 aromatic heterocycles. The van der Waals surface area contributed by atoms with Crippen LogP contribution in [-0.2, 0) is 11.3 Å². The Morgan fingerprint density at radius 1 is 1.12 bits per heavy atom. The third-order valence-electron chi connectivity index (χ3n) is 6.51. The summed E-state index contributed by atoms with van der Waals surface area (Å²) >= 11 is 0. The molecule has 2 heterocycles. The number of ether oxygens (including phenoxy) is 1. The molecule has 2 aromatic carbocycles. The van der Waals surface area contributed by atoms with Crippen molar-refractivity contribution in [1.82, 2.24) is 15.3 Å². The molecule has 170 valence electrons. The summed E-state index contributed by atoms with van der Waals surface area (Å²) in [6, 6.07) is 14.8. The van der Waals surface area contributed by atoms with Gasteiger partial charge >= 0.3 is 0 Å². The zero-order chi connectivity index (χ0) is 22.7. The van der Waals surface area contributed by atoms with Crippen molar-refractivity contribution in [2.75, 3.05) is 19.7 Å². The van der Waals surface area contributed by atoms with E-state index in [0.717, 1.165) is 24.0 Å². The number of aliphatic hydroxyl groups is 1. The molecule has 1 saturated heterocycles. The molecule has 8 nitrogen and oxygen atoms in total. The Labute approximate surface area is 187 Å². The molecule has 2 aromatic rings. The second-order valence-corrected chi connectivity index (χ2v) is 8.43. The molecule has 2 amide bonds. The number of carbonyl (C=O) groups is 2. The van der Waals surface area contributed by atoms with Crippen LogP contribution in [0.5, 0.6) is 5.75 Å². The van der Waals surface area contributed by atoms with Crippen LogP contribution >= 0.6 is 0 Å². The fourth-order valence-corrected chi connectivity index (χ4v) is 4.62. The highest BCUT2D eigenvalue weighted by Gasteiger charge is 2.36. The van der Waals surface area contributed by atoms with Gasteiger partial charge in [-0.3, -0.25) is 19.7 Å². The highest BCUT2D eigenvalue weighted by Crippen LogP contribution is 2.36. The summed E-state index contributed by atoms with van der Waals surface area (Å²) < 4.78 is 6.10. The molecule has 3 N–H and O–H groups in total. The van der Waals surface area contributed by atoms with Gasteiger partial charge < -0.3 is 14.7 Å². The van der Waals surface area contributed by atoms with Crippen LogP contribution in [0, 0.1) is 5.92 Å². The minimum Gasteiger partial charge on any atom is -0.491 e. The number of rotatable bonds is 4. The molecule has 0 aliphatic carbocycles. The standard InChI is InChI=1S/C24H29N3O5/c1-16(28)26-11-9-18(10-12-26)24(30)27-14-20-8-7-19(23(29)25-31)13-22(20)32-15-21(27)17-5-3-2-4-6-17/h2-8,13,18,21,24,30-31H,9-12,14-15H2,1H3,(H,25,29)/t21-,24?/m1/s1. The first-order chi connectivity index (χ1) is 15.5. The van der Waals surface area contributed by atoms with Gasteiger partial charge in [0.25, 0.3) is 5.91 Å². The van der Waals surface area contributed by atoms with Gasteiger partial charge in [0.2, 0.25) is 5.91 Å². The van der Waals surface area contributed by atoms with Gasteiger partial charge in [-0.2, -0.15) is 0 Å². The average Bonchev–Trinajstić information content (AvgIpc) is 3.03. The molecule has 0 spiro atoms. The number of carbonyl (C=O) groups excluding carboxylic acids is 2. The van der Waals surface area contributed by atoms with E-state index in [0.29, 0.717) is 37.6 Å². The van der Waals surface area contributed by atoms with E-state index >= 15 is 0 Å². The van der Waals surface area contributed by atoms with Crippen molar-refractivity contribution >= 4 is 11.8 Å². The lowest BCUT2D eigenvalue weighted by Gasteiger charge is -2.41. The summed E-state index contributed by atoms with van der Waals surface area (Å²) in [5.74, 6) is 0.0697. The van der Waals surface area contributed by atoms with E-state index in [-0.39, 0.29) is 17.9 Å². The molecule has 2 atom stereocenters. The van der Waals surface area contributed by atoms with E-state index in [2.05, 4.69) is 4.90 Å². The van der Waals surface area contributed by atoms with Crippen molar-refractivity contribution in [1.29, 1.82) is 0 Å². The third kappa shape index (κ3) is 4.62. The van der Waals surface area contributed by atoms with Crippen molar-refractivity contribution < 1.29 is 24.6 Å². The van der Waals surface area contributed by atoms with Crippen LogP contribution in [0.4, 0.5) is 0 Å². The quantitative estimate of drug-likeness (QED) is 0.499. The Morgan fingerprint density at radius 3 is 2.50 bits per heavy atom. The normalized spacial score (nSPS) is 20.6. The van der Waals surface area contributed by atoms with Gasteiger partial charge in [-0.25, -0.2) is 5.48 Å². The zero-order valence-corrected chi connectivity index (χ0v) is 18.1. The molecule has 0 saturated carbocycles. The number of amides is 2. The number of fused-ring (bicyclic) bond motifs is 1. The number of likely N-dealkylation sites (tertiary alicyclic amines) is 1. The van der Waals surface area contributed by atoms with Gasteiger partial charge in [-0.15, -0.1) is 0 Å². The minimum atomic E-state index is -0.704. The first-order valence-electron chi connectivity index (χ1n) is 10.9. The molecule has 4 rings (SSSR count). The first-order valence-corrected chi connectivity index (χ1v) is 10.9. The topological polar surface area (TPSA) is 102 Å². The molecule has 2 aliphatic rings. The SMILES string of the molecule is CC(=O)N1CCC(C(O)N2Cc3ccc(C(=O)NO)cc3OC[C@@H]2c2ccccc2)CC1. The highest BCUT2D eigenvalue weighted by molar-refractivity contribution is 5.93. The van der Waals surface area contributed by atoms with E-state index in [4.69, 9.17) is 9.94 Å². The number of hydrogen-bond donors (Lipinski definition) is 3. The van der Waals surface area contributed by atoms with Gasteiger partial charge in [0, 0.05) is 43.6 Å². The monoisotopic (exact) mass is 439 g/mol. The predicted octanol–water partition coefficient (Wildman–Crippen LogP) is 2.32. The third-order valence-corrected chi connectivity index (χ3v) is 6.51. The Morgan fingerprint density at radius 2 is 1.84 bits per heavy atom. The second kappa shape index (κ2) is 9.68. The van der Waals surface area contributed by atoms with Crippen molar-refractivity contribution in [2.45, 2.75) is 38.6 Å². The van der Waals surface area contributed by atoms with Crippen LogP contribution in [0.15, 0.2) is 48.5 Å². The maximum Gasteiger partial charge on any atom is 0.274 e. The smallest absolute Gasteiger partial charge is 0.274 e. The van der Waals surface area contributed by atoms with Crippen LogP contribution in [-0.4, -0.2) is 57.9 Å².